The molecule has 128 valence electrons. The van der Waals surface area contributed by atoms with Gasteiger partial charge >= 0.3 is 6.03 Å². The van der Waals surface area contributed by atoms with E-state index in [1.54, 1.807) is 19.3 Å². The lowest BCUT2D eigenvalue weighted by molar-refractivity contribution is 0.136. The highest BCUT2D eigenvalue weighted by atomic mass is 19.1. The topological polar surface area (TPSA) is 65.5 Å². The van der Waals surface area contributed by atoms with Gasteiger partial charge in [0, 0.05) is 18.6 Å². The number of carbonyl (C=O) groups is 1. The van der Waals surface area contributed by atoms with Gasteiger partial charge in [-0.1, -0.05) is 30.3 Å². The van der Waals surface area contributed by atoms with Crippen LogP contribution >= 0.6 is 0 Å². The third-order valence-corrected chi connectivity index (χ3v) is 3.92. The Kier molecular flexibility index (Phi) is 4.90. The lowest BCUT2D eigenvalue weighted by atomic mass is 10.1. The summed E-state index contributed by atoms with van der Waals surface area (Å²) < 4.78 is 12.9. The highest BCUT2D eigenvalue weighted by molar-refractivity contribution is 5.99. The van der Waals surface area contributed by atoms with Crippen LogP contribution in [0.2, 0.25) is 0 Å². The molecule has 0 saturated heterocycles. The van der Waals surface area contributed by atoms with Crippen molar-refractivity contribution >= 4 is 22.6 Å². The molecule has 0 aliphatic carbocycles. The Bertz CT molecular complexity index is 878. The van der Waals surface area contributed by atoms with Gasteiger partial charge in [0.25, 0.3) is 0 Å². The van der Waals surface area contributed by atoms with Crippen LogP contribution in [0.15, 0.2) is 60.8 Å². The average Bonchev–Trinajstić information content (AvgIpc) is 2.62. The van der Waals surface area contributed by atoms with Crippen LogP contribution in [0.5, 0.6) is 0 Å². The number of para-hydroxylation sites is 1. The van der Waals surface area contributed by atoms with E-state index in [-0.39, 0.29) is 18.4 Å². The summed E-state index contributed by atoms with van der Waals surface area (Å²) in [6.07, 6.45) is 0.766. The molecule has 0 saturated carbocycles. The molecule has 1 atom stereocenters. The molecule has 2 N–H and O–H groups in total. The van der Waals surface area contributed by atoms with Crippen molar-refractivity contribution in [1.29, 1.82) is 0 Å². The third-order valence-electron chi connectivity index (χ3n) is 3.92. The maximum atomic E-state index is 12.9. The number of halogens is 1. The molecular formula is C19H18FN3O2. The number of amides is 2. The van der Waals surface area contributed by atoms with E-state index in [9.17, 15) is 14.3 Å². The van der Waals surface area contributed by atoms with E-state index in [0.717, 1.165) is 5.39 Å². The molecule has 2 amide bonds. The molecule has 1 heterocycles. The minimum Gasteiger partial charge on any atom is -0.387 e. The highest BCUT2D eigenvalue weighted by Crippen LogP contribution is 2.21. The minimum atomic E-state index is -0.901. The molecule has 3 rings (SSSR count). The van der Waals surface area contributed by atoms with Crippen LogP contribution in [-0.4, -0.2) is 34.6 Å². The van der Waals surface area contributed by atoms with Gasteiger partial charge in [0.2, 0.25) is 0 Å². The van der Waals surface area contributed by atoms with Crippen LogP contribution in [0.25, 0.3) is 10.9 Å². The zero-order valence-corrected chi connectivity index (χ0v) is 13.7. The standard InChI is InChI=1S/C19H18FN3O2/c1-23(12-17(24)13-7-9-15(20)10-8-13)19(25)22-16-6-2-4-14-5-3-11-21-18(14)16/h2-11,17,24H,12H2,1H3,(H,22,25). The predicted molar refractivity (Wildman–Crippen MR) is 94.8 cm³/mol. The average molecular weight is 339 g/mol. The van der Waals surface area contributed by atoms with Crippen LogP contribution < -0.4 is 5.32 Å². The number of anilines is 1. The first-order chi connectivity index (χ1) is 12.0. The van der Waals surface area contributed by atoms with Gasteiger partial charge in [-0.3, -0.25) is 4.98 Å². The first-order valence-electron chi connectivity index (χ1n) is 7.84. The van der Waals surface area contributed by atoms with E-state index in [1.165, 1.54) is 29.2 Å². The van der Waals surface area contributed by atoms with Gasteiger partial charge in [0.1, 0.15) is 5.82 Å². The molecule has 25 heavy (non-hydrogen) atoms. The molecule has 0 aliphatic rings. The minimum absolute atomic E-state index is 0.0790. The Morgan fingerprint density at radius 1 is 1.20 bits per heavy atom. The van der Waals surface area contributed by atoms with Crippen molar-refractivity contribution in [3.05, 3.63) is 72.2 Å². The molecule has 3 aromatic rings. The van der Waals surface area contributed by atoms with Crippen molar-refractivity contribution in [3.63, 3.8) is 0 Å². The van der Waals surface area contributed by atoms with Crippen molar-refractivity contribution in [2.75, 3.05) is 18.9 Å². The Balaban J connectivity index is 1.69. The fourth-order valence-corrected chi connectivity index (χ4v) is 2.55. The third kappa shape index (κ3) is 3.92. The molecule has 1 aromatic heterocycles. The van der Waals surface area contributed by atoms with Crippen molar-refractivity contribution in [2.45, 2.75) is 6.10 Å². The number of rotatable bonds is 4. The zero-order chi connectivity index (χ0) is 17.8. The number of pyridine rings is 1. The quantitative estimate of drug-likeness (QED) is 0.764. The normalized spacial score (nSPS) is 12.0. The van der Waals surface area contributed by atoms with Crippen molar-refractivity contribution in [1.82, 2.24) is 9.88 Å². The largest absolute Gasteiger partial charge is 0.387 e. The lowest BCUT2D eigenvalue weighted by Crippen LogP contribution is -2.34. The molecule has 0 aliphatic heterocycles. The summed E-state index contributed by atoms with van der Waals surface area (Å²) in [5.74, 6) is -0.370. The predicted octanol–water partition coefficient (Wildman–Crippen LogP) is 3.57. The number of aromatic nitrogens is 1. The monoisotopic (exact) mass is 339 g/mol. The number of aliphatic hydroxyl groups excluding tert-OH is 1. The molecular weight excluding hydrogens is 321 g/mol. The molecule has 5 nitrogen and oxygen atoms in total. The van der Waals surface area contributed by atoms with Gasteiger partial charge in [0.05, 0.1) is 23.9 Å². The summed E-state index contributed by atoms with van der Waals surface area (Å²) in [6.45, 7) is 0.0790. The number of aliphatic hydroxyl groups is 1. The molecule has 6 heteroatoms. The second kappa shape index (κ2) is 7.27. The van der Waals surface area contributed by atoms with Gasteiger partial charge in [-0.2, -0.15) is 0 Å². The SMILES string of the molecule is CN(CC(O)c1ccc(F)cc1)C(=O)Nc1cccc2cccnc12. The van der Waals surface area contributed by atoms with Gasteiger partial charge in [-0.05, 0) is 29.8 Å². The highest BCUT2D eigenvalue weighted by Gasteiger charge is 2.16. The smallest absolute Gasteiger partial charge is 0.321 e. The second-order valence-electron chi connectivity index (χ2n) is 5.76. The first-order valence-corrected chi connectivity index (χ1v) is 7.84. The second-order valence-corrected chi connectivity index (χ2v) is 5.76. The van der Waals surface area contributed by atoms with Crippen molar-refractivity contribution < 1.29 is 14.3 Å². The molecule has 2 aromatic carbocycles. The number of urea groups is 1. The summed E-state index contributed by atoms with van der Waals surface area (Å²) in [5, 5.41) is 13.9. The summed E-state index contributed by atoms with van der Waals surface area (Å²) in [6, 6.07) is 14.5. The summed E-state index contributed by atoms with van der Waals surface area (Å²) in [4.78, 5) is 18.1. The van der Waals surface area contributed by atoms with Crippen LogP contribution in [0, 0.1) is 5.82 Å². The first kappa shape index (κ1) is 16.9. The fourth-order valence-electron chi connectivity index (χ4n) is 2.55. The van der Waals surface area contributed by atoms with Crippen molar-refractivity contribution in [2.24, 2.45) is 0 Å². The van der Waals surface area contributed by atoms with Gasteiger partial charge in [0.15, 0.2) is 0 Å². The summed E-state index contributed by atoms with van der Waals surface area (Å²) >= 11 is 0. The van der Waals surface area contributed by atoms with Crippen molar-refractivity contribution in [3.8, 4) is 0 Å². The summed E-state index contributed by atoms with van der Waals surface area (Å²) in [7, 11) is 1.58. The number of hydrogen-bond acceptors (Lipinski definition) is 3. The fraction of sp³-hybridized carbons (Fsp3) is 0.158. The van der Waals surface area contributed by atoms with E-state index in [0.29, 0.717) is 16.8 Å². The van der Waals surface area contributed by atoms with Crippen LogP contribution in [0.3, 0.4) is 0 Å². The van der Waals surface area contributed by atoms with Gasteiger partial charge < -0.3 is 15.3 Å². The number of nitrogens with zero attached hydrogens (tertiary/aromatic N) is 2. The Hall–Kier alpha value is -2.99. The number of benzene rings is 2. The number of fused-ring (bicyclic) bond motifs is 1. The maximum Gasteiger partial charge on any atom is 0.321 e. The van der Waals surface area contributed by atoms with Crippen LogP contribution in [0.4, 0.5) is 14.9 Å². The number of likely N-dealkylation sites (N-methyl/N-ethyl adjacent to an activating group) is 1. The Morgan fingerprint density at radius 3 is 2.68 bits per heavy atom. The van der Waals surface area contributed by atoms with E-state index in [2.05, 4.69) is 10.3 Å². The molecule has 0 fully saturated rings. The zero-order valence-electron chi connectivity index (χ0n) is 13.7. The summed E-state index contributed by atoms with van der Waals surface area (Å²) in [5.41, 5.74) is 1.85. The Labute approximate surface area is 144 Å². The van der Waals surface area contributed by atoms with E-state index in [4.69, 9.17) is 0 Å². The lowest BCUT2D eigenvalue weighted by Gasteiger charge is -2.22. The van der Waals surface area contributed by atoms with E-state index in [1.807, 2.05) is 24.3 Å². The molecule has 0 spiro atoms. The Morgan fingerprint density at radius 2 is 1.92 bits per heavy atom. The molecule has 1 unspecified atom stereocenters. The van der Waals surface area contributed by atoms with Gasteiger partial charge in [-0.15, -0.1) is 0 Å². The van der Waals surface area contributed by atoms with Crippen LogP contribution in [-0.2, 0) is 0 Å². The number of hydrogen-bond donors (Lipinski definition) is 2. The van der Waals surface area contributed by atoms with Crippen LogP contribution in [0.1, 0.15) is 11.7 Å². The maximum absolute atomic E-state index is 12.9. The van der Waals surface area contributed by atoms with E-state index < -0.39 is 6.10 Å². The van der Waals surface area contributed by atoms with E-state index >= 15 is 0 Å². The molecule has 0 bridgehead atoms. The molecule has 0 radical (unpaired) electrons. The number of nitrogens with one attached hydrogen (secondary N) is 1. The van der Waals surface area contributed by atoms with Gasteiger partial charge in [-0.25, -0.2) is 9.18 Å². The number of carbonyl (C=O) groups excluding carboxylic acids is 1.